The second-order valence-electron chi connectivity index (χ2n) is 6.52. The molecule has 1 aromatic carbocycles. The number of rotatable bonds is 8. The Hall–Kier alpha value is -1.71. The van der Waals surface area contributed by atoms with E-state index >= 15 is 0 Å². The third-order valence-electron chi connectivity index (χ3n) is 4.35. The Balaban J connectivity index is 0.000000568. The Morgan fingerprint density at radius 3 is 2.29 bits per heavy atom. The molecule has 1 aliphatic heterocycles. The van der Waals surface area contributed by atoms with Crippen molar-refractivity contribution in [2.24, 2.45) is 0 Å². The third kappa shape index (κ3) is 10.6. The van der Waals surface area contributed by atoms with Crippen LogP contribution < -0.4 is 5.32 Å². The van der Waals surface area contributed by atoms with Crippen molar-refractivity contribution in [3.63, 3.8) is 0 Å². The van der Waals surface area contributed by atoms with Crippen LogP contribution in [0.4, 0.5) is 0 Å². The molecular weight excluding hydrogens is 388 g/mol. The number of nitrogens with zero attached hydrogens (tertiary/aromatic N) is 1. The lowest BCUT2D eigenvalue weighted by Gasteiger charge is -2.32. The van der Waals surface area contributed by atoms with E-state index in [2.05, 4.69) is 17.1 Å². The van der Waals surface area contributed by atoms with Gasteiger partial charge in [-0.3, -0.25) is 0 Å². The lowest BCUT2D eigenvalue weighted by Crippen LogP contribution is -2.45. The summed E-state index contributed by atoms with van der Waals surface area (Å²) in [4.78, 5) is 20.7. The number of hydrogen-bond donors (Lipinski definition) is 4. The van der Waals surface area contributed by atoms with E-state index in [1.54, 1.807) is 0 Å². The molecule has 1 saturated heterocycles. The number of benzene rings is 1. The topological polar surface area (TPSA) is 119 Å². The quantitative estimate of drug-likeness (QED) is 0.470. The Morgan fingerprint density at radius 2 is 1.79 bits per heavy atom. The van der Waals surface area contributed by atoms with Gasteiger partial charge in [-0.2, -0.15) is 0 Å². The first-order chi connectivity index (χ1) is 13.3. The number of aliphatic carboxylic acids is 2. The van der Waals surface area contributed by atoms with Gasteiger partial charge in [-0.25, -0.2) is 9.59 Å². The lowest BCUT2D eigenvalue weighted by molar-refractivity contribution is -0.159. The highest BCUT2D eigenvalue weighted by Gasteiger charge is 2.18. The normalized spacial score (nSPS) is 16.1. The molecule has 4 N–H and O–H groups in total. The minimum atomic E-state index is -1.82. The van der Waals surface area contributed by atoms with E-state index in [4.69, 9.17) is 36.1 Å². The number of carboxylic acid groups (broad SMARTS) is 2. The van der Waals surface area contributed by atoms with Crippen molar-refractivity contribution in [2.75, 3.05) is 32.8 Å². The highest BCUT2D eigenvalue weighted by Crippen LogP contribution is 2.11. The molecule has 0 bridgehead atoms. The standard InChI is InChI=1S/C17H27ClN2O2.C2H2O4/c1-2-20-9-7-16(8-10-20)19-11-17(21)13-22-12-14-3-5-15(18)6-4-14;3-1(4)2(5)6/h3-6,16-17,19,21H,2,7-13H2,1H3;(H,3,4)(H,5,6). The van der Waals surface area contributed by atoms with Crippen LogP contribution in [0, 0.1) is 0 Å². The number of carboxylic acids is 2. The molecular formula is C19H29ClN2O6. The van der Waals surface area contributed by atoms with Gasteiger partial charge in [0.2, 0.25) is 0 Å². The molecule has 1 atom stereocenters. The van der Waals surface area contributed by atoms with Gasteiger partial charge in [-0.05, 0) is 50.2 Å². The summed E-state index contributed by atoms with van der Waals surface area (Å²) in [5.74, 6) is -3.65. The van der Waals surface area contributed by atoms with Gasteiger partial charge >= 0.3 is 11.9 Å². The van der Waals surface area contributed by atoms with Crippen LogP contribution in [0.25, 0.3) is 0 Å². The fourth-order valence-electron chi connectivity index (χ4n) is 2.71. The maximum Gasteiger partial charge on any atom is 0.414 e. The molecule has 1 fully saturated rings. The molecule has 158 valence electrons. The average Bonchev–Trinajstić information content (AvgIpc) is 2.68. The van der Waals surface area contributed by atoms with E-state index in [-0.39, 0.29) is 0 Å². The average molecular weight is 417 g/mol. The summed E-state index contributed by atoms with van der Waals surface area (Å²) >= 11 is 5.84. The molecule has 1 heterocycles. The number of likely N-dealkylation sites (tertiary alicyclic amines) is 1. The molecule has 0 saturated carbocycles. The van der Waals surface area contributed by atoms with Crippen LogP contribution in [0.5, 0.6) is 0 Å². The smallest absolute Gasteiger partial charge is 0.414 e. The van der Waals surface area contributed by atoms with E-state index in [1.165, 1.54) is 0 Å². The van der Waals surface area contributed by atoms with E-state index in [9.17, 15) is 5.11 Å². The number of piperidine rings is 1. The Kier molecular flexibility index (Phi) is 11.7. The predicted octanol–water partition coefficient (Wildman–Crippen LogP) is 1.45. The highest BCUT2D eigenvalue weighted by molar-refractivity contribution is 6.30. The summed E-state index contributed by atoms with van der Waals surface area (Å²) in [6.07, 6.45) is 1.86. The van der Waals surface area contributed by atoms with Crippen LogP contribution in [-0.2, 0) is 20.9 Å². The molecule has 1 aliphatic rings. The summed E-state index contributed by atoms with van der Waals surface area (Å²) in [6, 6.07) is 8.10. The van der Waals surface area contributed by atoms with Gasteiger partial charge in [-0.1, -0.05) is 30.7 Å². The van der Waals surface area contributed by atoms with E-state index < -0.39 is 18.0 Å². The third-order valence-corrected chi connectivity index (χ3v) is 4.60. The zero-order chi connectivity index (χ0) is 20.9. The molecule has 1 aromatic rings. The van der Waals surface area contributed by atoms with Crippen LogP contribution in [-0.4, -0.2) is 77.1 Å². The number of carbonyl (C=O) groups is 2. The maximum atomic E-state index is 9.98. The minimum Gasteiger partial charge on any atom is -0.473 e. The van der Waals surface area contributed by atoms with Gasteiger partial charge in [-0.15, -0.1) is 0 Å². The van der Waals surface area contributed by atoms with Crippen molar-refractivity contribution in [2.45, 2.75) is 38.5 Å². The zero-order valence-corrected chi connectivity index (χ0v) is 16.8. The number of hydrogen-bond acceptors (Lipinski definition) is 6. The molecule has 8 nitrogen and oxygen atoms in total. The molecule has 0 aromatic heterocycles. The predicted molar refractivity (Wildman–Crippen MR) is 106 cm³/mol. The molecule has 1 unspecified atom stereocenters. The second-order valence-corrected chi connectivity index (χ2v) is 6.96. The zero-order valence-electron chi connectivity index (χ0n) is 16.0. The minimum absolute atomic E-state index is 0.351. The largest absolute Gasteiger partial charge is 0.473 e. The molecule has 0 amide bonds. The van der Waals surface area contributed by atoms with Crippen molar-refractivity contribution in [3.05, 3.63) is 34.9 Å². The monoisotopic (exact) mass is 416 g/mol. The lowest BCUT2D eigenvalue weighted by atomic mass is 10.1. The number of ether oxygens (including phenoxy) is 1. The van der Waals surface area contributed by atoms with Crippen molar-refractivity contribution in [1.29, 1.82) is 0 Å². The molecule has 28 heavy (non-hydrogen) atoms. The summed E-state index contributed by atoms with van der Waals surface area (Å²) in [7, 11) is 0. The molecule has 9 heteroatoms. The van der Waals surface area contributed by atoms with E-state index in [0.29, 0.717) is 25.8 Å². The van der Waals surface area contributed by atoms with E-state index in [0.717, 1.165) is 43.1 Å². The van der Waals surface area contributed by atoms with Gasteiger partial charge < -0.3 is 30.3 Å². The van der Waals surface area contributed by atoms with Gasteiger partial charge in [0.1, 0.15) is 0 Å². The van der Waals surface area contributed by atoms with Crippen LogP contribution >= 0.6 is 11.6 Å². The van der Waals surface area contributed by atoms with Crippen molar-refractivity contribution in [3.8, 4) is 0 Å². The van der Waals surface area contributed by atoms with Crippen LogP contribution in [0.1, 0.15) is 25.3 Å². The SMILES string of the molecule is CCN1CCC(NCC(O)COCc2ccc(Cl)cc2)CC1.O=C(O)C(=O)O. The molecule has 0 spiro atoms. The summed E-state index contributed by atoms with van der Waals surface area (Å²) in [5, 5.41) is 28.9. The number of halogens is 1. The van der Waals surface area contributed by atoms with Gasteiger partial charge in [0.15, 0.2) is 0 Å². The second kappa shape index (κ2) is 13.5. The summed E-state index contributed by atoms with van der Waals surface area (Å²) in [5.41, 5.74) is 1.07. The molecule has 2 rings (SSSR count). The highest BCUT2D eigenvalue weighted by atomic mass is 35.5. The van der Waals surface area contributed by atoms with Crippen molar-refractivity contribution in [1.82, 2.24) is 10.2 Å². The fourth-order valence-corrected chi connectivity index (χ4v) is 2.83. The Morgan fingerprint density at radius 1 is 1.21 bits per heavy atom. The van der Waals surface area contributed by atoms with Gasteiger partial charge in [0, 0.05) is 17.6 Å². The summed E-state index contributed by atoms with van der Waals surface area (Å²) < 4.78 is 5.55. The number of aliphatic hydroxyl groups is 1. The Labute approximate surface area is 170 Å². The number of aliphatic hydroxyl groups excluding tert-OH is 1. The first kappa shape index (κ1) is 24.3. The first-order valence-electron chi connectivity index (χ1n) is 9.24. The Bertz CT molecular complexity index is 579. The van der Waals surface area contributed by atoms with E-state index in [1.807, 2.05) is 24.3 Å². The first-order valence-corrected chi connectivity index (χ1v) is 9.61. The molecule has 0 radical (unpaired) electrons. The van der Waals surface area contributed by atoms with Crippen molar-refractivity contribution >= 4 is 23.5 Å². The van der Waals surface area contributed by atoms with Crippen LogP contribution in [0.2, 0.25) is 5.02 Å². The fraction of sp³-hybridized carbons (Fsp3) is 0.579. The van der Waals surface area contributed by atoms with Gasteiger partial charge in [0.05, 0.1) is 19.3 Å². The maximum absolute atomic E-state index is 9.98. The van der Waals surface area contributed by atoms with Gasteiger partial charge in [0.25, 0.3) is 0 Å². The molecule has 0 aliphatic carbocycles. The number of nitrogens with one attached hydrogen (secondary N) is 1. The van der Waals surface area contributed by atoms with Crippen molar-refractivity contribution < 1.29 is 29.6 Å². The van der Waals surface area contributed by atoms with Crippen LogP contribution in [0.15, 0.2) is 24.3 Å². The van der Waals surface area contributed by atoms with Crippen LogP contribution in [0.3, 0.4) is 0 Å². The summed E-state index contributed by atoms with van der Waals surface area (Å²) in [6.45, 7) is 7.09.